The molecule has 0 saturated heterocycles. The highest BCUT2D eigenvalue weighted by Crippen LogP contribution is 2.11. The Morgan fingerprint density at radius 2 is 2.44 bits per heavy atom. The summed E-state index contributed by atoms with van der Waals surface area (Å²) in [4.78, 5) is 0. The lowest BCUT2D eigenvalue weighted by Gasteiger charge is -2.19. The van der Waals surface area contributed by atoms with Crippen LogP contribution in [-0.4, -0.2) is 13.1 Å². The molecule has 1 nitrogen and oxygen atoms in total. The lowest BCUT2D eigenvalue weighted by atomic mass is 9.94. The van der Waals surface area contributed by atoms with Gasteiger partial charge in [-0.1, -0.05) is 19.9 Å². The highest BCUT2D eigenvalue weighted by molar-refractivity contribution is 4.89. The van der Waals surface area contributed by atoms with E-state index in [1.807, 2.05) is 0 Å². The van der Waals surface area contributed by atoms with E-state index < -0.39 is 0 Å². The summed E-state index contributed by atoms with van der Waals surface area (Å²) in [6.07, 6.45) is 5.42. The van der Waals surface area contributed by atoms with Crippen LogP contribution in [0.25, 0.3) is 0 Å². The maximum atomic E-state index is 3.33. The van der Waals surface area contributed by atoms with Crippen molar-refractivity contribution in [3.05, 3.63) is 12.2 Å². The van der Waals surface area contributed by atoms with Crippen LogP contribution < -0.4 is 5.32 Å². The van der Waals surface area contributed by atoms with Crippen LogP contribution >= 0.6 is 0 Å². The smallest absolute Gasteiger partial charge is 0.0141 e. The van der Waals surface area contributed by atoms with E-state index >= 15 is 0 Å². The molecule has 0 bridgehead atoms. The largest absolute Gasteiger partial charge is 0.313 e. The molecule has 1 unspecified atom stereocenters. The first-order valence-electron chi connectivity index (χ1n) is 3.59. The molecule has 1 radical (unpaired) electrons. The van der Waals surface area contributed by atoms with Crippen molar-refractivity contribution in [3.63, 3.8) is 0 Å². The molecule has 9 heavy (non-hydrogen) atoms. The third kappa shape index (κ3) is 1.83. The Hall–Kier alpha value is -0.300. The van der Waals surface area contributed by atoms with Gasteiger partial charge in [0.2, 0.25) is 0 Å². The molecule has 51 valence electrons. The molecule has 1 aliphatic rings. The van der Waals surface area contributed by atoms with E-state index in [0.29, 0.717) is 5.92 Å². The van der Waals surface area contributed by atoms with E-state index in [1.165, 1.54) is 0 Å². The first-order valence-corrected chi connectivity index (χ1v) is 3.59. The van der Waals surface area contributed by atoms with Crippen molar-refractivity contribution in [3.8, 4) is 0 Å². The molecule has 0 saturated carbocycles. The Kier molecular flexibility index (Phi) is 2.29. The Bertz CT molecular complexity index is 105. The van der Waals surface area contributed by atoms with Crippen molar-refractivity contribution in [2.45, 2.75) is 13.8 Å². The van der Waals surface area contributed by atoms with Crippen molar-refractivity contribution in [2.24, 2.45) is 11.8 Å². The molecular weight excluding hydrogens is 110 g/mol. The highest BCUT2D eigenvalue weighted by atomic mass is 14.9. The predicted molar refractivity (Wildman–Crippen MR) is 39.0 cm³/mol. The summed E-state index contributed by atoms with van der Waals surface area (Å²) in [5.74, 6) is 1.37. The second-order valence-corrected chi connectivity index (χ2v) is 2.88. The van der Waals surface area contributed by atoms with Gasteiger partial charge in [-0.25, -0.2) is 0 Å². The lowest BCUT2D eigenvalue weighted by Crippen LogP contribution is -2.29. The summed E-state index contributed by atoms with van der Waals surface area (Å²) in [5.41, 5.74) is 0. The maximum absolute atomic E-state index is 3.33. The SMILES string of the molecule is CC(C)C1[C]=CCNC1. The van der Waals surface area contributed by atoms with Crippen LogP contribution in [-0.2, 0) is 0 Å². The summed E-state index contributed by atoms with van der Waals surface area (Å²) < 4.78 is 0. The van der Waals surface area contributed by atoms with Crippen molar-refractivity contribution < 1.29 is 0 Å². The normalized spacial score (nSPS) is 27.2. The summed E-state index contributed by atoms with van der Waals surface area (Å²) in [7, 11) is 0. The van der Waals surface area contributed by atoms with E-state index in [-0.39, 0.29) is 0 Å². The fraction of sp³-hybridized carbons (Fsp3) is 0.750. The van der Waals surface area contributed by atoms with E-state index in [1.54, 1.807) is 0 Å². The van der Waals surface area contributed by atoms with Crippen molar-refractivity contribution in [2.75, 3.05) is 13.1 Å². The van der Waals surface area contributed by atoms with E-state index in [0.717, 1.165) is 19.0 Å². The summed E-state index contributed by atoms with van der Waals surface area (Å²) in [5, 5.41) is 3.30. The molecule has 1 rings (SSSR count). The van der Waals surface area contributed by atoms with Gasteiger partial charge in [-0.05, 0) is 17.9 Å². The van der Waals surface area contributed by atoms with Crippen LogP contribution in [0.3, 0.4) is 0 Å². The summed E-state index contributed by atoms with van der Waals surface area (Å²) in [6.45, 7) is 6.58. The second-order valence-electron chi connectivity index (χ2n) is 2.88. The van der Waals surface area contributed by atoms with Gasteiger partial charge >= 0.3 is 0 Å². The topological polar surface area (TPSA) is 12.0 Å². The summed E-state index contributed by atoms with van der Waals surface area (Å²) in [6, 6.07) is 0. The minimum absolute atomic E-state index is 0.638. The van der Waals surface area contributed by atoms with Crippen LogP contribution in [0.15, 0.2) is 6.08 Å². The molecule has 1 heterocycles. The van der Waals surface area contributed by atoms with Gasteiger partial charge in [0.15, 0.2) is 0 Å². The zero-order valence-electron chi connectivity index (χ0n) is 6.15. The van der Waals surface area contributed by atoms with Gasteiger partial charge in [-0.2, -0.15) is 0 Å². The molecule has 0 aliphatic carbocycles. The van der Waals surface area contributed by atoms with Crippen molar-refractivity contribution in [1.29, 1.82) is 0 Å². The maximum Gasteiger partial charge on any atom is 0.0141 e. The second kappa shape index (κ2) is 3.02. The van der Waals surface area contributed by atoms with Gasteiger partial charge in [-0.15, -0.1) is 0 Å². The zero-order valence-corrected chi connectivity index (χ0v) is 6.15. The Balaban J connectivity index is 2.40. The van der Waals surface area contributed by atoms with Crippen LogP contribution in [0, 0.1) is 17.9 Å². The molecule has 0 aromatic rings. The number of nitrogens with one attached hydrogen (secondary N) is 1. The zero-order chi connectivity index (χ0) is 6.69. The third-order valence-corrected chi connectivity index (χ3v) is 1.75. The highest BCUT2D eigenvalue weighted by Gasteiger charge is 2.11. The number of hydrogen-bond donors (Lipinski definition) is 1. The van der Waals surface area contributed by atoms with Crippen LogP contribution in [0.1, 0.15) is 13.8 Å². The Labute approximate surface area is 57.1 Å². The quantitative estimate of drug-likeness (QED) is 0.554. The molecule has 1 atom stereocenters. The van der Waals surface area contributed by atoms with Gasteiger partial charge in [0, 0.05) is 13.1 Å². The van der Waals surface area contributed by atoms with Crippen molar-refractivity contribution >= 4 is 0 Å². The van der Waals surface area contributed by atoms with Crippen LogP contribution in [0.5, 0.6) is 0 Å². The lowest BCUT2D eigenvalue weighted by molar-refractivity contribution is 0.417. The number of rotatable bonds is 1. The van der Waals surface area contributed by atoms with Crippen molar-refractivity contribution in [1.82, 2.24) is 5.32 Å². The molecular formula is C8H14N. The van der Waals surface area contributed by atoms with Crippen LogP contribution in [0.4, 0.5) is 0 Å². The molecule has 1 N–H and O–H groups in total. The molecule has 0 aromatic heterocycles. The first-order chi connectivity index (χ1) is 4.30. The van der Waals surface area contributed by atoms with Crippen LogP contribution in [0.2, 0.25) is 0 Å². The summed E-state index contributed by atoms with van der Waals surface area (Å²) >= 11 is 0. The van der Waals surface area contributed by atoms with Gasteiger partial charge in [0.25, 0.3) is 0 Å². The Morgan fingerprint density at radius 1 is 1.67 bits per heavy atom. The monoisotopic (exact) mass is 124 g/mol. The average Bonchev–Trinajstić information content (AvgIpc) is 1.90. The fourth-order valence-corrected chi connectivity index (χ4v) is 1.01. The Morgan fingerprint density at radius 3 is 2.78 bits per heavy atom. The molecule has 1 heteroatoms. The minimum Gasteiger partial charge on any atom is -0.313 e. The first kappa shape index (κ1) is 6.81. The fourth-order valence-electron chi connectivity index (χ4n) is 1.01. The number of hydrogen-bond acceptors (Lipinski definition) is 1. The molecule has 0 spiro atoms. The van der Waals surface area contributed by atoms with E-state index in [2.05, 4.69) is 31.3 Å². The molecule has 0 fully saturated rings. The van der Waals surface area contributed by atoms with Gasteiger partial charge in [0.1, 0.15) is 0 Å². The van der Waals surface area contributed by atoms with Gasteiger partial charge in [-0.3, -0.25) is 0 Å². The molecule has 0 amide bonds. The standard InChI is InChI=1S/C8H14N/c1-7(2)8-4-3-5-9-6-8/h3,7-9H,5-6H2,1-2H3. The van der Waals surface area contributed by atoms with Gasteiger partial charge < -0.3 is 5.32 Å². The predicted octanol–water partition coefficient (Wildman–Crippen LogP) is 1.22. The minimum atomic E-state index is 0.638. The van der Waals surface area contributed by atoms with Gasteiger partial charge in [0.05, 0.1) is 0 Å². The molecule has 1 aliphatic heterocycles. The van der Waals surface area contributed by atoms with E-state index in [4.69, 9.17) is 0 Å². The molecule has 0 aromatic carbocycles. The average molecular weight is 124 g/mol. The third-order valence-electron chi connectivity index (χ3n) is 1.75. The van der Waals surface area contributed by atoms with E-state index in [9.17, 15) is 0 Å².